The van der Waals surface area contributed by atoms with Crippen molar-refractivity contribution in [2.24, 2.45) is 11.8 Å². The van der Waals surface area contributed by atoms with E-state index in [1.165, 1.54) is 0 Å². The first-order chi connectivity index (χ1) is 11.2. The van der Waals surface area contributed by atoms with Gasteiger partial charge in [0.2, 0.25) is 11.8 Å². The second-order valence-corrected chi connectivity index (χ2v) is 5.52. The average Bonchev–Trinajstić information content (AvgIpc) is 3.37. The summed E-state index contributed by atoms with van der Waals surface area (Å²) in [4.78, 5) is 24.3. The van der Waals surface area contributed by atoms with Crippen LogP contribution in [0.3, 0.4) is 0 Å². The Morgan fingerprint density at radius 3 is 1.91 bits per heavy atom. The van der Waals surface area contributed by atoms with Crippen LogP contribution in [-0.4, -0.2) is 18.9 Å². The Morgan fingerprint density at radius 2 is 1.39 bits per heavy atom. The highest BCUT2D eigenvalue weighted by molar-refractivity contribution is 6.03. The number of amides is 2. The van der Waals surface area contributed by atoms with E-state index in [9.17, 15) is 9.59 Å². The Kier molecular flexibility index (Phi) is 4.28. The fourth-order valence-electron chi connectivity index (χ4n) is 2.44. The maximum atomic E-state index is 12.2. The third-order valence-corrected chi connectivity index (χ3v) is 3.86. The summed E-state index contributed by atoms with van der Waals surface area (Å²) < 4.78 is 5.07. The number of carbonyl (C=O) groups excluding carboxylic acids is 2. The summed E-state index contributed by atoms with van der Waals surface area (Å²) in [6, 6.07) is 16.4. The molecule has 2 amide bonds. The molecule has 23 heavy (non-hydrogen) atoms. The molecule has 2 atom stereocenters. The molecular formula is C18H18N2O3. The Morgan fingerprint density at radius 1 is 0.870 bits per heavy atom. The van der Waals surface area contributed by atoms with Gasteiger partial charge in [-0.15, -0.1) is 0 Å². The monoisotopic (exact) mass is 310 g/mol. The molecule has 3 rings (SSSR count). The van der Waals surface area contributed by atoms with Gasteiger partial charge in [-0.05, 0) is 42.8 Å². The Bertz CT molecular complexity index is 698. The van der Waals surface area contributed by atoms with Gasteiger partial charge in [0.1, 0.15) is 5.75 Å². The van der Waals surface area contributed by atoms with Crippen molar-refractivity contribution in [1.82, 2.24) is 0 Å². The number of nitrogens with one attached hydrogen (secondary N) is 2. The van der Waals surface area contributed by atoms with E-state index in [0.29, 0.717) is 12.1 Å². The molecule has 0 spiro atoms. The number of methoxy groups -OCH3 is 1. The lowest BCUT2D eigenvalue weighted by Crippen LogP contribution is -2.20. The molecule has 2 aromatic carbocycles. The second kappa shape index (κ2) is 6.52. The lowest BCUT2D eigenvalue weighted by Gasteiger charge is -2.07. The van der Waals surface area contributed by atoms with Gasteiger partial charge in [0.25, 0.3) is 0 Å². The van der Waals surface area contributed by atoms with Crippen LogP contribution in [0.1, 0.15) is 6.42 Å². The van der Waals surface area contributed by atoms with Gasteiger partial charge in [-0.2, -0.15) is 0 Å². The molecule has 118 valence electrons. The van der Waals surface area contributed by atoms with Crippen molar-refractivity contribution in [3.63, 3.8) is 0 Å². The summed E-state index contributed by atoms with van der Waals surface area (Å²) in [6.45, 7) is 0. The number of benzene rings is 2. The third-order valence-electron chi connectivity index (χ3n) is 3.86. The summed E-state index contributed by atoms with van der Waals surface area (Å²) in [5, 5.41) is 5.66. The van der Waals surface area contributed by atoms with Crippen LogP contribution in [0.15, 0.2) is 54.6 Å². The Hall–Kier alpha value is -2.82. The number of carbonyl (C=O) groups is 2. The molecule has 0 heterocycles. The molecule has 2 N–H and O–H groups in total. The van der Waals surface area contributed by atoms with Gasteiger partial charge >= 0.3 is 0 Å². The number of ether oxygens (including phenoxy) is 1. The van der Waals surface area contributed by atoms with Gasteiger partial charge in [-0.3, -0.25) is 9.59 Å². The minimum atomic E-state index is -0.263. The smallest absolute Gasteiger partial charge is 0.228 e. The van der Waals surface area contributed by atoms with E-state index in [-0.39, 0.29) is 23.7 Å². The van der Waals surface area contributed by atoms with Gasteiger partial charge in [-0.1, -0.05) is 18.2 Å². The van der Waals surface area contributed by atoms with Crippen molar-refractivity contribution >= 4 is 23.2 Å². The number of hydrogen-bond acceptors (Lipinski definition) is 3. The van der Waals surface area contributed by atoms with Crippen LogP contribution >= 0.6 is 0 Å². The molecule has 0 saturated heterocycles. The van der Waals surface area contributed by atoms with Gasteiger partial charge < -0.3 is 15.4 Å². The van der Waals surface area contributed by atoms with E-state index in [1.807, 2.05) is 30.3 Å². The van der Waals surface area contributed by atoms with Crippen molar-refractivity contribution in [2.45, 2.75) is 6.42 Å². The van der Waals surface area contributed by atoms with E-state index in [1.54, 1.807) is 31.4 Å². The zero-order valence-electron chi connectivity index (χ0n) is 12.8. The Labute approximate surface area is 134 Å². The minimum absolute atomic E-state index is 0.105. The van der Waals surface area contributed by atoms with Crippen LogP contribution in [0, 0.1) is 11.8 Å². The number of anilines is 2. The largest absolute Gasteiger partial charge is 0.497 e. The van der Waals surface area contributed by atoms with Gasteiger partial charge in [0, 0.05) is 11.4 Å². The van der Waals surface area contributed by atoms with Crippen molar-refractivity contribution in [3.05, 3.63) is 54.6 Å². The highest BCUT2D eigenvalue weighted by Gasteiger charge is 2.48. The molecule has 0 aliphatic heterocycles. The van der Waals surface area contributed by atoms with E-state index >= 15 is 0 Å². The molecule has 1 aliphatic carbocycles. The number of hydrogen-bond donors (Lipinski definition) is 2. The SMILES string of the molecule is COc1ccc(NC(=O)C2CC2C(=O)Nc2ccccc2)cc1. The van der Waals surface area contributed by atoms with Crippen molar-refractivity contribution in [3.8, 4) is 5.75 Å². The van der Waals surface area contributed by atoms with Crippen molar-refractivity contribution in [1.29, 1.82) is 0 Å². The molecule has 0 bridgehead atoms. The van der Waals surface area contributed by atoms with Crippen LogP contribution in [0.5, 0.6) is 5.75 Å². The van der Waals surface area contributed by atoms with E-state index in [4.69, 9.17) is 4.74 Å². The Balaban J connectivity index is 1.53. The number of rotatable bonds is 5. The summed E-state index contributed by atoms with van der Waals surface area (Å²) in [5.41, 5.74) is 1.45. The van der Waals surface area contributed by atoms with Crippen molar-refractivity contribution < 1.29 is 14.3 Å². The summed E-state index contributed by atoms with van der Waals surface area (Å²) in [7, 11) is 1.59. The lowest BCUT2D eigenvalue weighted by molar-refractivity contribution is -0.122. The first-order valence-electron chi connectivity index (χ1n) is 7.48. The highest BCUT2D eigenvalue weighted by atomic mass is 16.5. The first kappa shape index (κ1) is 15.1. The van der Waals surface area contributed by atoms with Crippen LogP contribution in [0.25, 0.3) is 0 Å². The van der Waals surface area contributed by atoms with Gasteiger partial charge in [0.15, 0.2) is 0 Å². The molecule has 5 nitrogen and oxygen atoms in total. The molecular weight excluding hydrogens is 292 g/mol. The van der Waals surface area contributed by atoms with E-state index in [0.717, 1.165) is 11.4 Å². The molecule has 1 aliphatic rings. The predicted octanol–water partition coefficient (Wildman–Crippen LogP) is 2.91. The molecule has 1 fully saturated rings. The van der Waals surface area contributed by atoms with E-state index < -0.39 is 0 Å². The topological polar surface area (TPSA) is 67.4 Å². The van der Waals surface area contributed by atoms with E-state index in [2.05, 4.69) is 10.6 Å². The normalized spacial score (nSPS) is 18.8. The van der Waals surface area contributed by atoms with Crippen LogP contribution in [-0.2, 0) is 9.59 Å². The fraction of sp³-hybridized carbons (Fsp3) is 0.222. The fourth-order valence-corrected chi connectivity index (χ4v) is 2.44. The standard InChI is InChI=1S/C18H18N2O3/c1-23-14-9-7-13(8-10-14)20-18(22)16-11-15(16)17(21)19-12-5-3-2-4-6-12/h2-10,15-16H,11H2,1H3,(H,19,21)(H,20,22). The van der Waals surface area contributed by atoms with Crippen LogP contribution in [0.4, 0.5) is 11.4 Å². The molecule has 2 aromatic rings. The molecule has 0 radical (unpaired) electrons. The third kappa shape index (κ3) is 3.69. The maximum Gasteiger partial charge on any atom is 0.228 e. The summed E-state index contributed by atoms with van der Waals surface area (Å²) >= 11 is 0. The molecule has 5 heteroatoms. The van der Waals surface area contributed by atoms with Gasteiger partial charge in [-0.25, -0.2) is 0 Å². The van der Waals surface area contributed by atoms with Crippen molar-refractivity contribution in [2.75, 3.05) is 17.7 Å². The van der Waals surface area contributed by atoms with Crippen LogP contribution in [0.2, 0.25) is 0 Å². The summed E-state index contributed by atoms with van der Waals surface area (Å²) in [5.74, 6) is -0.0155. The molecule has 2 unspecified atom stereocenters. The van der Waals surface area contributed by atoms with Crippen LogP contribution < -0.4 is 15.4 Å². The summed E-state index contributed by atoms with van der Waals surface area (Å²) in [6.07, 6.45) is 0.584. The lowest BCUT2D eigenvalue weighted by atomic mass is 10.2. The average molecular weight is 310 g/mol. The highest BCUT2D eigenvalue weighted by Crippen LogP contribution is 2.40. The molecule has 0 aromatic heterocycles. The van der Waals surface area contributed by atoms with Gasteiger partial charge in [0.05, 0.1) is 18.9 Å². The minimum Gasteiger partial charge on any atom is -0.497 e. The molecule has 1 saturated carbocycles. The zero-order valence-corrected chi connectivity index (χ0v) is 12.8. The maximum absolute atomic E-state index is 12.2. The first-order valence-corrected chi connectivity index (χ1v) is 7.48. The quantitative estimate of drug-likeness (QED) is 0.892. The second-order valence-electron chi connectivity index (χ2n) is 5.52. The predicted molar refractivity (Wildman–Crippen MR) is 88.3 cm³/mol. The zero-order chi connectivity index (χ0) is 16.2. The number of para-hydroxylation sites is 1.